The Balaban J connectivity index is 1.53. The van der Waals surface area contributed by atoms with Crippen LogP contribution in [0.2, 0.25) is 5.15 Å². The summed E-state index contributed by atoms with van der Waals surface area (Å²) in [6.07, 6.45) is -3.50. The predicted molar refractivity (Wildman–Crippen MR) is 132 cm³/mol. The first kappa shape index (κ1) is 28.0. The van der Waals surface area contributed by atoms with Gasteiger partial charge in [0.25, 0.3) is 5.91 Å². The maximum Gasteiger partial charge on any atom is 0.417 e. The molecule has 2 heterocycles. The molecule has 0 spiro atoms. The van der Waals surface area contributed by atoms with Crippen molar-refractivity contribution in [2.75, 3.05) is 13.1 Å². The summed E-state index contributed by atoms with van der Waals surface area (Å²) in [4.78, 5) is 16.0. The zero-order valence-corrected chi connectivity index (χ0v) is 21.9. The van der Waals surface area contributed by atoms with E-state index < -0.39 is 47.4 Å². The molecule has 0 saturated carbocycles. The molecule has 3 aromatic rings. The van der Waals surface area contributed by atoms with Crippen LogP contribution < -0.4 is 4.72 Å². The van der Waals surface area contributed by atoms with E-state index >= 15 is 0 Å². The van der Waals surface area contributed by atoms with Crippen LogP contribution in [0.15, 0.2) is 81.5 Å². The minimum atomic E-state index is -5.14. The van der Waals surface area contributed by atoms with Crippen molar-refractivity contribution in [3.05, 3.63) is 83.1 Å². The highest BCUT2D eigenvalue weighted by Gasteiger charge is 2.39. The van der Waals surface area contributed by atoms with Gasteiger partial charge in [0.15, 0.2) is 0 Å². The van der Waals surface area contributed by atoms with E-state index in [9.17, 15) is 34.8 Å². The lowest BCUT2D eigenvalue weighted by Crippen LogP contribution is -2.46. The van der Waals surface area contributed by atoms with Crippen LogP contribution >= 0.6 is 11.6 Å². The Labute approximate surface area is 222 Å². The monoisotopic (exact) mass is 587 g/mol. The van der Waals surface area contributed by atoms with Crippen molar-refractivity contribution in [2.45, 2.75) is 39.7 Å². The highest BCUT2D eigenvalue weighted by atomic mass is 35.5. The van der Waals surface area contributed by atoms with Gasteiger partial charge in [-0.1, -0.05) is 29.8 Å². The fourth-order valence-electron chi connectivity index (χ4n) is 4.04. The second kappa shape index (κ2) is 10.6. The molecule has 1 aliphatic rings. The first-order valence-corrected chi connectivity index (χ1v) is 14.6. The van der Waals surface area contributed by atoms with Crippen molar-refractivity contribution < 1.29 is 34.8 Å². The van der Waals surface area contributed by atoms with Crippen molar-refractivity contribution in [1.82, 2.24) is 14.6 Å². The number of nitrogens with zero attached hydrogens (tertiary/aromatic N) is 2. The molecule has 1 fully saturated rings. The number of halogens is 4. The fourth-order valence-corrected chi connectivity index (χ4v) is 6.97. The summed E-state index contributed by atoms with van der Waals surface area (Å²) in [6, 6.07) is 10.9. The molecular weight excluding hydrogens is 567 g/mol. The van der Waals surface area contributed by atoms with E-state index in [1.165, 1.54) is 47.5 Å². The number of benzene rings is 2. The second-order valence-electron chi connectivity index (χ2n) is 8.53. The molecule has 1 saturated heterocycles. The third-order valence-corrected chi connectivity index (χ3v) is 9.56. The van der Waals surface area contributed by atoms with Crippen LogP contribution in [0.1, 0.15) is 28.8 Å². The van der Waals surface area contributed by atoms with Gasteiger partial charge in [-0.3, -0.25) is 4.79 Å². The summed E-state index contributed by atoms with van der Waals surface area (Å²) >= 11 is 5.73. The summed E-state index contributed by atoms with van der Waals surface area (Å²) in [6.45, 7) is 0.323. The number of rotatable bonds is 6. The molecule has 0 bridgehead atoms. The molecule has 1 amide bonds. The Morgan fingerprint density at radius 3 is 2.18 bits per heavy atom. The van der Waals surface area contributed by atoms with Gasteiger partial charge in [0.05, 0.1) is 25.8 Å². The number of alkyl halides is 3. The molecule has 1 N–H and O–H groups in total. The third-order valence-electron chi connectivity index (χ3n) is 5.99. The Kier molecular flexibility index (Phi) is 7.84. The third kappa shape index (κ3) is 6.01. The number of carbonyl (C=O) groups is 1. The number of likely N-dealkylation sites (tertiary alicyclic amines) is 1. The first-order valence-electron chi connectivity index (χ1n) is 11.2. The van der Waals surface area contributed by atoms with Gasteiger partial charge >= 0.3 is 6.18 Å². The topological polar surface area (TPSA) is 114 Å². The van der Waals surface area contributed by atoms with Crippen LogP contribution in [0, 0.1) is 0 Å². The van der Waals surface area contributed by atoms with E-state index in [-0.39, 0.29) is 41.9 Å². The van der Waals surface area contributed by atoms with Crippen molar-refractivity contribution in [1.29, 1.82) is 0 Å². The van der Waals surface area contributed by atoms with Crippen LogP contribution in [0.3, 0.4) is 0 Å². The summed E-state index contributed by atoms with van der Waals surface area (Å²) in [5.74, 6) is -0.329. The maximum atomic E-state index is 13.9. The van der Waals surface area contributed by atoms with Crippen LogP contribution in [0.4, 0.5) is 13.2 Å². The zero-order valence-electron chi connectivity index (χ0n) is 19.5. The van der Waals surface area contributed by atoms with Gasteiger partial charge in [-0.15, -0.1) is 0 Å². The van der Waals surface area contributed by atoms with Gasteiger partial charge in [0, 0.05) is 25.3 Å². The Bertz CT molecular complexity index is 1540. The Morgan fingerprint density at radius 1 is 0.947 bits per heavy atom. The van der Waals surface area contributed by atoms with E-state index in [0.29, 0.717) is 17.7 Å². The molecule has 4 rings (SSSR count). The largest absolute Gasteiger partial charge is 0.417 e. The summed E-state index contributed by atoms with van der Waals surface area (Å²) in [7, 11) is -9.00. The molecule has 0 unspecified atom stereocenters. The number of hydrogen-bond acceptors (Lipinski definition) is 6. The maximum absolute atomic E-state index is 13.9. The molecule has 0 radical (unpaired) electrons. The standard InChI is InChI=1S/C24H21ClF3N3O5S2/c25-22-9-6-16(15-29-22)23(32)31-12-10-17(11-13-31)30-38(35,36)21-8-7-19(14-20(21)24(26,27)28)37(33,34)18-4-2-1-3-5-18/h1-9,14-15,17,30H,10-13H2. The smallest absolute Gasteiger partial charge is 0.338 e. The number of aromatic nitrogens is 1. The number of nitrogens with one attached hydrogen (secondary N) is 1. The Morgan fingerprint density at radius 2 is 1.61 bits per heavy atom. The van der Waals surface area contributed by atoms with Crippen molar-refractivity contribution in [3.8, 4) is 0 Å². The van der Waals surface area contributed by atoms with E-state index in [4.69, 9.17) is 11.6 Å². The van der Waals surface area contributed by atoms with Crippen molar-refractivity contribution in [3.63, 3.8) is 0 Å². The van der Waals surface area contributed by atoms with E-state index in [0.717, 1.165) is 6.07 Å². The second-order valence-corrected chi connectivity index (χ2v) is 12.5. The Hall–Kier alpha value is -3.00. The number of sulfone groups is 1. The van der Waals surface area contributed by atoms with Gasteiger partial charge in [0.1, 0.15) is 5.15 Å². The number of piperidine rings is 1. The fraction of sp³-hybridized carbons (Fsp3) is 0.250. The molecule has 2 aromatic carbocycles. The normalized spacial score (nSPS) is 15.4. The molecule has 1 aliphatic heterocycles. The quantitative estimate of drug-likeness (QED) is 0.433. The molecular formula is C24H21ClF3N3O5S2. The number of amides is 1. The molecule has 0 atom stereocenters. The van der Waals surface area contributed by atoms with E-state index in [1.54, 1.807) is 6.07 Å². The molecule has 0 aliphatic carbocycles. The average Bonchev–Trinajstić information content (AvgIpc) is 2.88. The minimum Gasteiger partial charge on any atom is -0.338 e. The first-order chi connectivity index (χ1) is 17.8. The number of hydrogen-bond donors (Lipinski definition) is 1. The number of pyridine rings is 1. The van der Waals surface area contributed by atoms with Crippen molar-refractivity contribution >= 4 is 37.4 Å². The molecule has 202 valence electrons. The van der Waals surface area contributed by atoms with Gasteiger partial charge in [0.2, 0.25) is 19.9 Å². The highest BCUT2D eigenvalue weighted by molar-refractivity contribution is 7.91. The summed E-state index contributed by atoms with van der Waals surface area (Å²) in [5, 5.41) is 0.221. The number of sulfonamides is 1. The minimum absolute atomic E-state index is 0.161. The van der Waals surface area contributed by atoms with E-state index in [2.05, 4.69) is 9.71 Å². The van der Waals surface area contributed by atoms with Gasteiger partial charge in [-0.25, -0.2) is 26.5 Å². The highest BCUT2D eigenvalue weighted by Crippen LogP contribution is 2.37. The molecule has 14 heteroatoms. The lowest BCUT2D eigenvalue weighted by Gasteiger charge is -2.32. The van der Waals surface area contributed by atoms with Crippen LogP contribution in [-0.2, 0) is 26.0 Å². The average molecular weight is 588 g/mol. The summed E-state index contributed by atoms with van der Waals surface area (Å²) < 4.78 is 95.7. The molecule has 8 nitrogen and oxygen atoms in total. The van der Waals surface area contributed by atoms with Gasteiger partial charge in [-0.05, 0) is 55.3 Å². The number of carbonyl (C=O) groups excluding carboxylic acids is 1. The van der Waals surface area contributed by atoms with E-state index in [1.807, 2.05) is 0 Å². The predicted octanol–water partition coefficient (Wildman–Crippen LogP) is 4.17. The summed E-state index contributed by atoms with van der Waals surface area (Å²) in [5.41, 5.74) is -1.29. The van der Waals surface area contributed by atoms with Gasteiger partial charge < -0.3 is 4.90 Å². The molecule has 38 heavy (non-hydrogen) atoms. The lowest BCUT2D eigenvalue weighted by molar-refractivity contribution is -0.140. The van der Waals surface area contributed by atoms with Crippen LogP contribution in [0.25, 0.3) is 0 Å². The van der Waals surface area contributed by atoms with Gasteiger partial charge in [-0.2, -0.15) is 13.2 Å². The zero-order chi connectivity index (χ0) is 27.7. The molecule has 1 aromatic heterocycles. The lowest BCUT2D eigenvalue weighted by atomic mass is 10.1. The van der Waals surface area contributed by atoms with Crippen LogP contribution in [0.5, 0.6) is 0 Å². The SMILES string of the molecule is O=C(c1ccc(Cl)nc1)N1CCC(NS(=O)(=O)c2ccc(S(=O)(=O)c3ccccc3)cc2C(F)(F)F)CC1. The van der Waals surface area contributed by atoms with Crippen LogP contribution in [-0.4, -0.2) is 51.8 Å². The van der Waals surface area contributed by atoms with Crippen molar-refractivity contribution in [2.24, 2.45) is 0 Å².